The van der Waals surface area contributed by atoms with Crippen LogP contribution in [0.1, 0.15) is 52.7 Å². The Kier molecular flexibility index (Phi) is 4.84. The fourth-order valence-corrected chi connectivity index (χ4v) is 11.4. The van der Waals surface area contributed by atoms with Crippen LogP contribution in [0.25, 0.3) is 0 Å². The second kappa shape index (κ2) is 6.72. The molecule has 4 atom stereocenters. The molecule has 0 spiro atoms. The summed E-state index contributed by atoms with van der Waals surface area (Å²) in [5.74, 6) is 2.35. The Morgan fingerprint density at radius 1 is 0.643 bits per heavy atom. The Bertz CT molecular complexity index is 832. The van der Waals surface area contributed by atoms with E-state index in [1.165, 1.54) is 21.7 Å². The first-order valence-corrected chi connectivity index (χ1v) is 12.9. The second-order valence-corrected chi connectivity index (χ2v) is 16.0. The molecule has 2 aliphatic rings. The quantitative estimate of drug-likeness (QED) is 0.514. The molecule has 0 aromatic heterocycles. The molecule has 0 saturated heterocycles. The van der Waals surface area contributed by atoms with Crippen LogP contribution in [-0.4, -0.2) is 22.0 Å². The molecule has 0 unspecified atom stereocenters. The molecule has 0 aliphatic carbocycles. The van der Waals surface area contributed by atoms with Crippen LogP contribution in [0.15, 0.2) is 36.4 Å². The minimum Gasteiger partial charge on any atom is -0.481 e. The smallest absolute Gasteiger partial charge is 0.162 e. The van der Waals surface area contributed by atoms with Gasteiger partial charge in [0.15, 0.2) is 11.7 Å². The maximum absolute atomic E-state index is 6.73. The lowest BCUT2D eigenvalue weighted by Gasteiger charge is -2.39. The number of aryl methyl sites for hydroxylation is 2. The Morgan fingerprint density at radius 3 is 1.32 bits per heavy atom. The van der Waals surface area contributed by atoms with Gasteiger partial charge in [-0.05, 0) is 63.3 Å². The molecule has 0 amide bonds. The first-order valence-electron chi connectivity index (χ1n) is 10.1. The minimum atomic E-state index is -0.514. The SMILES string of the molecule is Cc1cccc2c1[P@@](C(C)(C)C)[C@@H]([C@H]1Oc3cccc(C)c3[P@]1C(C)(C)C)O2. The summed E-state index contributed by atoms with van der Waals surface area (Å²) < 4.78 is 13.5. The lowest BCUT2D eigenvalue weighted by Crippen LogP contribution is -2.38. The van der Waals surface area contributed by atoms with Crippen molar-refractivity contribution in [2.75, 3.05) is 0 Å². The van der Waals surface area contributed by atoms with Crippen LogP contribution in [0.2, 0.25) is 0 Å². The average molecular weight is 414 g/mol. The third-order valence-corrected chi connectivity index (χ3v) is 12.6. The van der Waals surface area contributed by atoms with E-state index in [1.54, 1.807) is 0 Å². The Balaban J connectivity index is 1.84. The molecule has 0 radical (unpaired) electrons. The van der Waals surface area contributed by atoms with E-state index in [-0.39, 0.29) is 22.0 Å². The van der Waals surface area contributed by atoms with Crippen molar-refractivity contribution in [2.45, 2.75) is 77.4 Å². The van der Waals surface area contributed by atoms with Gasteiger partial charge in [0.2, 0.25) is 0 Å². The summed E-state index contributed by atoms with van der Waals surface area (Å²) in [6.45, 7) is 18.6. The van der Waals surface area contributed by atoms with E-state index in [0.29, 0.717) is 0 Å². The fourth-order valence-electron chi connectivity index (χ4n) is 4.50. The van der Waals surface area contributed by atoms with Gasteiger partial charge in [-0.1, -0.05) is 65.8 Å². The van der Waals surface area contributed by atoms with Gasteiger partial charge in [-0.3, -0.25) is 0 Å². The number of hydrogen-bond donors (Lipinski definition) is 0. The van der Waals surface area contributed by atoms with E-state index >= 15 is 0 Å². The van der Waals surface area contributed by atoms with Gasteiger partial charge in [-0.15, -0.1) is 0 Å². The van der Waals surface area contributed by atoms with Crippen LogP contribution in [0.4, 0.5) is 0 Å². The monoisotopic (exact) mass is 414 g/mol. The summed E-state index contributed by atoms with van der Waals surface area (Å²) in [7, 11) is -1.03. The minimum absolute atomic E-state index is 0.100. The third kappa shape index (κ3) is 3.18. The zero-order valence-electron chi connectivity index (χ0n) is 18.3. The molecule has 28 heavy (non-hydrogen) atoms. The van der Waals surface area contributed by atoms with Crippen molar-refractivity contribution in [1.29, 1.82) is 0 Å². The zero-order chi connectivity index (χ0) is 20.4. The first-order chi connectivity index (χ1) is 13.0. The Labute approximate surface area is 172 Å². The van der Waals surface area contributed by atoms with Gasteiger partial charge >= 0.3 is 0 Å². The second-order valence-electron chi connectivity index (χ2n) is 9.94. The van der Waals surface area contributed by atoms with E-state index < -0.39 is 15.8 Å². The van der Waals surface area contributed by atoms with Crippen LogP contribution in [-0.2, 0) is 0 Å². The largest absolute Gasteiger partial charge is 0.481 e. The summed E-state index contributed by atoms with van der Waals surface area (Å²) >= 11 is 0. The molecule has 0 N–H and O–H groups in total. The van der Waals surface area contributed by atoms with Crippen LogP contribution < -0.4 is 20.1 Å². The molecule has 4 rings (SSSR count). The number of benzene rings is 2. The molecular weight excluding hydrogens is 382 g/mol. The average Bonchev–Trinajstić information content (AvgIpc) is 3.13. The van der Waals surface area contributed by atoms with Crippen molar-refractivity contribution in [3.63, 3.8) is 0 Å². The Morgan fingerprint density at radius 2 is 1.00 bits per heavy atom. The van der Waals surface area contributed by atoms with Gasteiger partial charge in [0.1, 0.15) is 11.5 Å². The number of hydrogen-bond acceptors (Lipinski definition) is 2. The molecule has 2 heterocycles. The van der Waals surface area contributed by atoms with Gasteiger partial charge in [-0.25, -0.2) is 0 Å². The molecule has 2 aliphatic heterocycles. The molecule has 2 aromatic rings. The van der Waals surface area contributed by atoms with Crippen molar-refractivity contribution < 1.29 is 9.47 Å². The van der Waals surface area contributed by atoms with Crippen molar-refractivity contribution in [3.05, 3.63) is 47.5 Å². The summed E-state index contributed by atoms with van der Waals surface area (Å²) in [5, 5.41) is 3.19. The molecule has 2 nitrogen and oxygen atoms in total. The van der Waals surface area contributed by atoms with Crippen LogP contribution in [0.5, 0.6) is 11.5 Å². The van der Waals surface area contributed by atoms with Crippen molar-refractivity contribution >= 4 is 26.5 Å². The Hall–Kier alpha value is -1.10. The van der Waals surface area contributed by atoms with Gasteiger partial charge in [0.25, 0.3) is 0 Å². The summed E-state index contributed by atoms with van der Waals surface area (Å²) in [4.78, 5) is 0. The third-order valence-electron chi connectivity index (χ3n) is 5.58. The van der Waals surface area contributed by atoms with E-state index in [1.807, 2.05) is 0 Å². The van der Waals surface area contributed by atoms with Crippen LogP contribution in [0, 0.1) is 13.8 Å². The summed E-state index contributed by atoms with van der Waals surface area (Å²) in [5.41, 5.74) is 2.71. The molecule has 0 bridgehead atoms. The fraction of sp³-hybridized carbons (Fsp3) is 0.500. The zero-order valence-corrected chi connectivity index (χ0v) is 20.1. The first kappa shape index (κ1) is 20.2. The number of rotatable bonds is 1. The molecular formula is C24H32O2P2. The molecule has 0 fully saturated rings. The van der Waals surface area contributed by atoms with Gasteiger partial charge in [0.05, 0.1) is 0 Å². The predicted molar refractivity (Wildman–Crippen MR) is 124 cm³/mol. The number of ether oxygens (including phenoxy) is 2. The lowest BCUT2D eigenvalue weighted by atomic mass is 10.2. The highest BCUT2D eigenvalue weighted by molar-refractivity contribution is 7.72. The number of fused-ring (bicyclic) bond motifs is 2. The molecule has 2 aromatic carbocycles. The highest BCUT2D eigenvalue weighted by Crippen LogP contribution is 2.68. The van der Waals surface area contributed by atoms with E-state index in [0.717, 1.165) is 11.5 Å². The van der Waals surface area contributed by atoms with Crippen molar-refractivity contribution in [2.24, 2.45) is 0 Å². The highest BCUT2D eigenvalue weighted by atomic mass is 31.1. The summed E-state index contributed by atoms with van der Waals surface area (Å²) in [6.07, 6.45) is 0. The van der Waals surface area contributed by atoms with E-state index in [9.17, 15) is 0 Å². The van der Waals surface area contributed by atoms with Gasteiger partial charge < -0.3 is 9.47 Å². The van der Waals surface area contributed by atoms with Crippen LogP contribution >= 0.6 is 15.8 Å². The van der Waals surface area contributed by atoms with Crippen molar-refractivity contribution in [1.82, 2.24) is 0 Å². The molecule has 150 valence electrons. The molecule has 4 heteroatoms. The van der Waals surface area contributed by atoms with Crippen molar-refractivity contribution in [3.8, 4) is 11.5 Å². The lowest BCUT2D eigenvalue weighted by molar-refractivity contribution is 0.171. The summed E-state index contributed by atoms with van der Waals surface area (Å²) in [6, 6.07) is 13.0. The maximum atomic E-state index is 6.73. The van der Waals surface area contributed by atoms with Gasteiger partial charge in [-0.2, -0.15) is 0 Å². The maximum Gasteiger partial charge on any atom is 0.162 e. The standard InChI is InChI=1S/C24H32O2P2/c1-15-11-9-13-17-19(15)27(23(3,4)5)21(25-17)22-26-18-14-10-12-16(2)20(18)28(22)24(6,7)8/h9-14,21-22H,1-8H3/t21-,22-,27-,28+/m0/s1. The highest BCUT2D eigenvalue weighted by Gasteiger charge is 2.54. The van der Waals surface area contributed by atoms with E-state index in [2.05, 4.69) is 91.8 Å². The topological polar surface area (TPSA) is 18.5 Å². The normalized spacial score (nSPS) is 26.4. The van der Waals surface area contributed by atoms with Crippen LogP contribution in [0.3, 0.4) is 0 Å². The van der Waals surface area contributed by atoms with E-state index in [4.69, 9.17) is 9.47 Å². The molecule has 0 saturated carbocycles. The van der Waals surface area contributed by atoms with Gasteiger partial charge in [0, 0.05) is 10.6 Å². The predicted octanol–water partition coefficient (Wildman–Crippen LogP) is 6.25.